The molecule has 7 atom stereocenters. The van der Waals surface area contributed by atoms with Gasteiger partial charge in [0.05, 0.1) is 11.3 Å². The summed E-state index contributed by atoms with van der Waals surface area (Å²) in [6, 6.07) is 16.9. The molecule has 0 radical (unpaired) electrons. The van der Waals surface area contributed by atoms with Gasteiger partial charge in [0.25, 0.3) is 0 Å². The van der Waals surface area contributed by atoms with E-state index in [0.29, 0.717) is 30.3 Å². The lowest BCUT2D eigenvalue weighted by molar-refractivity contribution is -0.139. The first-order valence-corrected chi connectivity index (χ1v) is 15.8. The molecule has 0 aliphatic heterocycles. The van der Waals surface area contributed by atoms with Crippen LogP contribution in [0.2, 0.25) is 0 Å². The number of fused-ring (bicyclic) bond motifs is 9. The van der Waals surface area contributed by atoms with Crippen molar-refractivity contribution in [3.05, 3.63) is 77.1 Å². The molecule has 5 heteroatoms. The van der Waals surface area contributed by atoms with E-state index in [9.17, 15) is 9.90 Å². The van der Waals surface area contributed by atoms with Crippen molar-refractivity contribution in [2.75, 3.05) is 6.61 Å². The molecule has 5 nitrogen and oxygen atoms in total. The number of rotatable bonds is 2. The van der Waals surface area contributed by atoms with Crippen LogP contribution >= 0.6 is 0 Å². The zero-order chi connectivity index (χ0) is 28.1. The molecule has 0 spiro atoms. The van der Waals surface area contributed by atoms with Gasteiger partial charge in [0.2, 0.25) is 0 Å². The Morgan fingerprint density at radius 3 is 2.37 bits per heavy atom. The molecular formula is C36H42N2O3. The standard InChI is InChI=1S/C36H42N2O3/c1-34-19-22-20-38(33(39)41-21-29-26-10-6-4-8-24(26)25-9-5-7-11-27(25)29)37-32(22)18-23(34)12-13-28-30(34)14-16-35(2)31(28)15-17-36(35,3)40/h4-11,20,23,28-31,40H,12-19,21H2,1-3H3/t23?,28?,30?,31?,34?,35?,36-/m0/s1. The molecule has 1 aromatic heterocycles. The van der Waals surface area contributed by atoms with Gasteiger partial charge in [0, 0.05) is 12.1 Å². The van der Waals surface area contributed by atoms with Crippen molar-refractivity contribution in [3.8, 4) is 11.1 Å². The van der Waals surface area contributed by atoms with Gasteiger partial charge in [-0.05, 0) is 121 Å². The zero-order valence-corrected chi connectivity index (χ0v) is 24.6. The predicted molar refractivity (Wildman–Crippen MR) is 159 cm³/mol. The molecule has 3 saturated carbocycles. The van der Waals surface area contributed by atoms with Crippen molar-refractivity contribution in [1.82, 2.24) is 9.78 Å². The number of benzene rings is 2. The molecule has 3 aromatic rings. The van der Waals surface area contributed by atoms with E-state index < -0.39 is 5.60 Å². The van der Waals surface area contributed by atoms with E-state index in [4.69, 9.17) is 9.84 Å². The highest BCUT2D eigenvalue weighted by atomic mass is 16.6. The van der Waals surface area contributed by atoms with Gasteiger partial charge in [0.15, 0.2) is 0 Å². The molecule has 41 heavy (non-hydrogen) atoms. The molecule has 2 aromatic carbocycles. The molecule has 1 heterocycles. The number of hydrogen-bond acceptors (Lipinski definition) is 4. The van der Waals surface area contributed by atoms with Gasteiger partial charge >= 0.3 is 6.09 Å². The first-order valence-electron chi connectivity index (χ1n) is 15.8. The maximum atomic E-state index is 13.3. The van der Waals surface area contributed by atoms with E-state index in [2.05, 4.69) is 69.3 Å². The van der Waals surface area contributed by atoms with E-state index in [1.165, 1.54) is 51.8 Å². The van der Waals surface area contributed by atoms with Gasteiger partial charge in [-0.15, -0.1) is 0 Å². The Bertz CT molecular complexity index is 1490. The van der Waals surface area contributed by atoms with Crippen molar-refractivity contribution in [1.29, 1.82) is 0 Å². The lowest BCUT2D eigenvalue weighted by atomic mass is 9.44. The minimum absolute atomic E-state index is 0.0450. The maximum absolute atomic E-state index is 13.3. The Labute approximate surface area is 243 Å². The lowest BCUT2D eigenvalue weighted by Crippen LogP contribution is -2.56. The predicted octanol–water partition coefficient (Wildman–Crippen LogP) is 7.39. The lowest BCUT2D eigenvalue weighted by Gasteiger charge is -2.60. The summed E-state index contributed by atoms with van der Waals surface area (Å²) in [6.07, 6.45) is 10.5. The number of carbonyl (C=O) groups excluding carboxylic acids is 1. The maximum Gasteiger partial charge on any atom is 0.434 e. The smallest absolute Gasteiger partial charge is 0.434 e. The summed E-state index contributed by atoms with van der Waals surface area (Å²) in [6.45, 7) is 7.29. The van der Waals surface area contributed by atoms with E-state index >= 15 is 0 Å². The second-order valence-corrected chi connectivity index (χ2v) is 14.7. The van der Waals surface area contributed by atoms with Crippen LogP contribution in [0.4, 0.5) is 4.79 Å². The van der Waals surface area contributed by atoms with E-state index in [-0.39, 0.29) is 22.8 Å². The van der Waals surface area contributed by atoms with Crippen molar-refractivity contribution in [2.45, 2.75) is 83.7 Å². The summed E-state index contributed by atoms with van der Waals surface area (Å²) in [5.41, 5.74) is 6.96. The topological polar surface area (TPSA) is 64.4 Å². The zero-order valence-electron chi connectivity index (χ0n) is 24.6. The van der Waals surface area contributed by atoms with Crippen molar-refractivity contribution >= 4 is 6.09 Å². The van der Waals surface area contributed by atoms with Crippen LogP contribution in [0.3, 0.4) is 0 Å². The van der Waals surface area contributed by atoms with Crippen molar-refractivity contribution in [3.63, 3.8) is 0 Å². The average Bonchev–Trinajstić information content (AvgIpc) is 3.59. The van der Waals surface area contributed by atoms with Crippen LogP contribution in [0.15, 0.2) is 54.7 Å². The van der Waals surface area contributed by atoms with Crippen LogP contribution < -0.4 is 0 Å². The van der Waals surface area contributed by atoms with Crippen LogP contribution in [-0.2, 0) is 17.6 Å². The van der Waals surface area contributed by atoms with Crippen molar-refractivity contribution in [2.24, 2.45) is 34.5 Å². The molecule has 8 rings (SSSR count). The summed E-state index contributed by atoms with van der Waals surface area (Å²) in [5.74, 6) is 2.65. The van der Waals surface area contributed by atoms with Crippen LogP contribution in [0, 0.1) is 34.5 Å². The fourth-order valence-corrected chi connectivity index (χ4v) is 10.6. The van der Waals surface area contributed by atoms with Crippen LogP contribution in [0.25, 0.3) is 11.1 Å². The third-order valence-electron chi connectivity index (χ3n) is 13.0. The number of ether oxygens (including phenoxy) is 1. The second kappa shape index (κ2) is 8.80. The largest absolute Gasteiger partial charge is 0.447 e. The summed E-state index contributed by atoms with van der Waals surface area (Å²) in [4.78, 5) is 13.3. The minimum atomic E-state index is -0.537. The Balaban J connectivity index is 1.01. The molecule has 0 saturated heterocycles. The van der Waals surface area contributed by atoms with Crippen LogP contribution in [0.5, 0.6) is 0 Å². The Morgan fingerprint density at radius 2 is 1.63 bits per heavy atom. The van der Waals surface area contributed by atoms with E-state index in [1.807, 2.05) is 6.20 Å². The number of hydrogen-bond donors (Lipinski definition) is 1. The molecule has 214 valence electrons. The number of aliphatic hydroxyl groups is 1. The van der Waals surface area contributed by atoms with Gasteiger partial charge in [-0.25, -0.2) is 4.79 Å². The number of carbonyl (C=O) groups is 1. The minimum Gasteiger partial charge on any atom is -0.447 e. The Kier molecular flexibility index (Phi) is 5.53. The molecule has 3 fully saturated rings. The first kappa shape index (κ1) is 25.8. The highest BCUT2D eigenvalue weighted by molar-refractivity contribution is 5.79. The van der Waals surface area contributed by atoms with Gasteiger partial charge < -0.3 is 9.84 Å². The van der Waals surface area contributed by atoms with Gasteiger partial charge in [-0.3, -0.25) is 0 Å². The molecule has 0 bridgehead atoms. The fraction of sp³-hybridized carbons (Fsp3) is 0.556. The summed E-state index contributed by atoms with van der Waals surface area (Å²) < 4.78 is 7.42. The summed E-state index contributed by atoms with van der Waals surface area (Å²) >= 11 is 0. The molecule has 6 unspecified atom stereocenters. The third kappa shape index (κ3) is 3.57. The molecule has 5 aliphatic rings. The highest BCUT2D eigenvalue weighted by Crippen LogP contribution is 2.67. The van der Waals surface area contributed by atoms with E-state index in [1.54, 1.807) is 0 Å². The molecular weight excluding hydrogens is 508 g/mol. The van der Waals surface area contributed by atoms with Gasteiger partial charge in [-0.1, -0.05) is 62.4 Å². The Hall–Kier alpha value is -2.92. The number of aromatic nitrogens is 2. The second-order valence-electron chi connectivity index (χ2n) is 14.7. The summed E-state index contributed by atoms with van der Waals surface area (Å²) in [7, 11) is 0. The van der Waals surface area contributed by atoms with Crippen molar-refractivity contribution < 1.29 is 14.6 Å². The average molecular weight is 551 g/mol. The molecule has 5 aliphatic carbocycles. The highest BCUT2D eigenvalue weighted by Gasteiger charge is 2.63. The van der Waals surface area contributed by atoms with Crippen LogP contribution in [0.1, 0.15) is 87.6 Å². The van der Waals surface area contributed by atoms with Crippen LogP contribution in [-0.4, -0.2) is 33.2 Å². The molecule has 1 N–H and O–H groups in total. The Morgan fingerprint density at radius 1 is 0.951 bits per heavy atom. The monoisotopic (exact) mass is 550 g/mol. The third-order valence-corrected chi connectivity index (χ3v) is 13.0. The SMILES string of the molecule is CC12Cc3cn(C(=O)OCC4c5ccccc5-c5ccccc54)nc3CC1CCC1C2CCC2(C)C1CC[C@]2(C)O. The van der Waals surface area contributed by atoms with E-state index in [0.717, 1.165) is 37.8 Å². The summed E-state index contributed by atoms with van der Waals surface area (Å²) in [5, 5.41) is 16.1. The number of nitrogens with zero attached hydrogens (tertiary/aromatic N) is 2. The fourth-order valence-electron chi connectivity index (χ4n) is 10.6. The molecule has 0 amide bonds. The first-order chi connectivity index (χ1) is 19.7. The van der Waals surface area contributed by atoms with Gasteiger partial charge in [-0.2, -0.15) is 9.78 Å². The normalized spacial score (nSPS) is 36.9. The van der Waals surface area contributed by atoms with Gasteiger partial charge in [0.1, 0.15) is 6.61 Å². The quantitative estimate of drug-likeness (QED) is 0.361.